The van der Waals surface area contributed by atoms with Gasteiger partial charge in [0.15, 0.2) is 11.5 Å². The van der Waals surface area contributed by atoms with Crippen molar-refractivity contribution in [1.29, 1.82) is 0 Å². The van der Waals surface area contributed by atoms with E-state index in [1.807, 2.05) is 18.2 Å². The van der Waals surface area contributed by atoms with Crippen LogP contribution in [0.25, 0.3) is 0 Å². The number of carbonyl (C=O) groups is 1. The summed E-state index contributed by atoms with van der Waals surface area (Å²) in [6.07, 6.45) is 3.56. The molecule has 0 aliphatic carbocycles. The van der Waals surface area contributed by atoms with Gasteiger partial charge in [0.1, 0.15) is 0 Å². The normalized spacial score (nSPS) is 16.1. The van der Waals surface area contributed by atoms with Gasteiger partial charge in [-0.25, -0.2) is 0 Å². The first-order chi connectivity index (χ1) is 11.1. The number of amides is 1. The Morgan fingerprint density at radius 3 is 2.57 bits per heavy atom. The maximum atomic E-state index is 12.0. The molecule has 5 heteroatoms. The second-order valence-electron chi connectivity index (χ2n) is 6.24. The maximum absolute atomic E-state index is 12.0. The summed E-state index contributed by atoms with van der Waals surface area (Å²) in [5, 5.41) is 3.08. The van der Waals surface area contributed by atoms with Gasteiger partial charge in [-0.05, 0) is 63.0 Å². The van der Waals surface area contributed by atoms with Crippen LogP contribution in [0.5, 0.6) is 11.5 Å². The molecule has 1 N–H and O–H groups in total. The van der Waals surface area contributed by atoms with E-state index < -0.39 is 0 Å². The Morgan fingerprint density at radius 2 is 1.91 bits per heavy atom. The first-order valence-corrected chi connectivity index (χ1v) is 8.28. The topological polar surface area (TPSA) is 50.8 Å². The van der Waals surface area contributed by atoms with Crippen molar-refractivity contribution in [2.24, 2.45) is 5.92 Å². The van der Waals surface area contributed by atoms with E-state index in [2.05, 4.69) is 17.3 Å². The number of nitrogens with zero attached hydrogens (tertiary/aromatic N) is 1. The predicted octanol–water partition coefficient (Wildman–Crippen LogP) is 2.09. The molecule has 1 aliphatic rings. The van der Waals surface area contributed by atoms with Crippen LogP contribution in [0, 0.1) is 5.92 Å². The fourth-order valence-corrected chi connectivity index (χ4v) is 2.91. The van der Waals surface area contributed by atoms with Crippen molar-refractivity contribution < 1.29 is 14.3 Å². The Balaban J connectivity index is 1.74. The molecule has 1 fully saturated rings. The summed E-state index contributed by atoms with van der Waals surface area (Å²) in [7, 11) is 5.39. The molecule has 23 heavy (non-hydrogen) atoms. The van der Waals surface area contributed by atoms with Gasteiger partial charge in [-0.1, -0.05) is 6.07 Å². The Labute approximate surface area is 139 Å². The minimum Gasteiger partial charge on any atom is -0.493 e. The Bertz CT molecular complexity index is 511. The molecule has 1 amide bonds. The van der Waals surface area contributed by atoms with Gasteiger partial charge in [0, 0.05) is 13.0 Å². The molecule has 1 aromatic carbocycles. The third-order valence-electron chi connectivity index (χ3n) is 4.51. The molecule has 2 rings (SSSR count). The van der Waals surface area contributed by atoms with Crippen LogP contribution in [-0.2, 0) is 11.2 Å². The molecule has 128 valence electrons. The largest absolute Gasteiger partial charge is 0.493 e. The van der Waals surface area contributed by atoms with Crippen LogP contribution in [0.1, 0.15) is 24.8 Å². The minimum atomic E-state index is 0.124. The zero-order chi connectivity index (χ0) is 16.7. The molecule has 0 unspecified atom stereocenters. The Morgan fingerprint density at radius 1 is 1.22 bits per heavy atom. The summed E-state index contributed by atoms with van der Waals surface area (Å²) < 4.78 is 10.5. The number of rotatable bonds is 7. The predicted molar refractivity (Wildman–Crippen MR) is 91.1 cm³/mol. The van der Waals surface area contributed by atoms with Gasteiger partial charge < -0.3 is 19.7 Å². The van der Waals surface area contributed by atoms with E-state index in [9.17, 15) is 4.79 Å². The molecule has 0 spiro atoms. The molecule has 0 aromatic heterocycles. The molecule has 1 heterocycles. The summed E-state index contributed by atoms with van der Waals surface area (Å²) in [5.74, 6) is 2.16. The van der Waals surface area contributed by atoms with Crippen LogP contribution in [0.15, 0.2) is 18.2 Å². The molecule has 1 aromatic rings. The average Bonchev–Trinajstić information content (AvgIpc) is 2.59. The summed E-state index contributed by atoms with van der Waals surface area (Å²) in [4.78, 5) is 14.4. The molecule has 0 atom stereocenters. The third kappa shape index (κ3) is 5.43. The summed E-state index contributed by atoms with van der Waals surface area (Å²) >= 11 is 0. The highest BCUT2D eigenvalue weighted by Crippen LogP contribution is 2.27. The van der Waals surface area contributed by atoms with Crippen molar-refractivity contribution in [2.45, 2.75) is 25.7 Å². The van der Waals surface area contributed by atoms with E-state index in [0.717, 1.165) is 25.2 Å². The van der Waals surface area contributed by atoms with Crippen LogP contribution in [0.3, 0.4) is 0 Å². The van der Waals surface area contributed by atoms with Crippen molar-refractivity contribution in [3.63, 3.8) is 0 Å². The molecular formula is C18H28N2O3. The number of likely N-dealkylation sites (tertiary alicyclic amines) is 1. The molecule has 1 aliphatic heterocycles. The SMILES string of the molecule is COc1ccc(CCC(=O)NCC2CCN(C)CC2)cc1OC. The van der Waals surface area contributed by atoms with Crippen LogP contribution in [-0.4, -0.2) is 51.7 Å². The van der Waals surface area contributed by atoms with Crippen LogP contribution < -0.4 is 14.8 Å². The number of benzene rings is 1. The minimum absolute atomic E-state index is 0.124. The first kappa shape index (κ1) is 17.6. The van der Waals surface area contributed by atoms with Gasteiger partial charge >= 0.3 is 0 Å². The smallest absolute Gasteiger partial charge is 0.220 e. The molecule has 0 bridgehead atoms. The average molecular weight is 320 g/mol. The maximum Gasteiger partial charge on any atom is 0.220 e. The van der Waals surface area contributed by atoms with E-state index in [1.54, 1.807) is 14.2 Å². The van der Waals surface area contributed by atoms with Crippen molar-refractivity contribution >= 4 is 5.91 Å². The fraction of sp³-hybridized carbons (Fsp3) is 0.611. The quantitative estimate of drug-likeness (QED) is 0.836. The Hall–Kier alpha value is -1.75. The lowest BCUT2D eigenvalue weighted by Gasteiger charge is -2.28. The molecular weight excluding hydrogens is 292 g/mol. The number of methoxy groups -OCH3 is 2. The van der Waals surface area contributed by atoms with Gasteiger partial charge in [-0.2, -0.15) is 0 Å². The van der Waals surface area contributed by atoms with Crippen LogP contribution >= 0.6 is 0 Å². The van der Waals surface area contributed by atoms with Crippen molar-refractivity contribution in [3.05, 3.63) is 23.8 Å². The number of hydrogen-bond acceptors (Lipinski definition) is 4. The van der Waals surface area contributed by atoms with Crippen LogP contribution in [0.2, 0.25) is 0 Å². The fourth-order valence-electron chi connectivity index (χ4n) is 2.91. The lowest BCUT2D eigenvalue weighted by Crippen LogP contribution is -2.36. The Kier molecular flexibility index (Phi) is 6.71. The highest BCUT2D eigenvalue weighted by atomic mass is 16.5. The van der Waals surface area contributed by atoms with Gasteiger partial charge in [0.2, 0.25) is 5.91 Å². The first-order valence-electron chi connectivity index (χ1n) is 8.28. The molecule has 0 radical (unpaired) electrons. The summed E-state index contributed by atoms with van der Waals surface area (Å²) in [5.41, 5.74) is 1.08. The highest BCUT2D eigenvalue weighted by Gasteiger charge is 2.17. The van der Waals surface area contributed by atoms with Gasteiger partial charge in [0.05, 0.1) is 14.2 Å². The van der Waals surface area contributed by atoms with E-state index in [-0.39, 0.29) is 5.91 Å². The number of hydrogen-bond donors (Lipinski definition) is 1. The highest BCUT2D eigenvalue weighted by molar-refractivity contribution is 5.76. The van der Waals surface area contributed by atoms with E-state index in [0.29, 0.717) is 30.3 Å². The number of piperidine rings is 1. The number of ether oxygens (including phenoxy) is 2. The second-order valence-corrected chi connectivity index (χ2v) is 6.24. The zero-order valence-electron chi connectivity index (χ0n) is 14.4. The van der Waals surface area contributed by atoms with E-state index in [1.165, 1.54) is 12.8 Å². The monoisotopic (exact) mass is 320 g/mol. The number of aryl methyl sites for hydroxylation is 1. The van der Waals surface area contributed by atoms with Crippen molar-refractivity contribution in [1.82, 2.24) is 10.2 Å². The lowest BCUT2D eigenvalue weighted by molar-refractivity contribution is -0.121. The molecule has 1 saturated heterocycles. The zero-order valence-corrected chi connectivity index (χ0v) is 14.4. The van der Waals surface area contributed by atoms with Crippen LogP contribution in [0.4, 0.5) is 0 Å². The molecule has 5 nitrogen and oxygen atoms in total. The number of nitrogens with one attached hydrogen (secondary N) is 1. The second kappa shape index (κ2) is 8.77. The van der Waals surface area contributed by atoms with Crippen molar-refractivity contribution in [2.75, 3.05) is 40.9 Å². The van der Waals surface area contributed by atoms with Gasteiger partial charge in [0.25, 0.3) is 0 Å². The molecule has 0 saturated carbocycles. The third-order valence-corrected chi connectivity index (χ3v) is 4.51. The lowest BCUT2D eigenvalue weighted by atomic mass is 9.97. The van der Waals surface area contributed by atoms with Gasteiger partial charge in [-0.15, -0.1) is 0 Å². The number of carbonyl (C=O) groups excluding carboxylic acids is 1. The summed E-state index contributed by atoms with van der Waals surface area (Å²) in [6, 6.07) is 5.79. The van der Waals surface area contributed by atoms with E-state index >= 15 is 0 Å². The van der Waals surface area contributed by atoms with E-state index in [4.69, 9.17) is 9.47 Å². The summed E-state index contributed by atoms with van der Waals surface area (Å²) in [6.45, 7) is 3.07. The van der Waals surface area contributed by atoms with Crippen molar-refractivity contribution in [3.8, 4) is 11.5 Å². The standard InChI is InChI=1S/C18H28N2O3/c1-20-10-8-15(9-11-20)13-19-18(21)7-5-14-4-6-16(22-2)17(12-14)23-3/h4,6,12,15H,5,7-11,13H2,1-3H3,(H,19,21). The van der Waals surface area contributed by atoms with Gasteiger partial charge in [-0.3, -0.25) is 4.79 Å².